The van der Waals surface area contributed by atoms with E-state index in [1.54, 1.807) is 72.9 Å². The molecule has 36 heavy (non-hydrogen) atoms. The molecular formula is C27H20N4O4S. The lowest BCUT2D eigenvalue weighted by Gasteiger charge is -2.11. The van der Waals surface area contributed by atoms with E-state index in [9.17, 15) is 14.4 Å². The van der Waals surface area contributed by atoms with Crippen LogP contribution in [0.3, 0.4) is 0 Å². The van der Waals surface area contributed by atoms with E-state index in [-0.39, 0.29) is 17.2 Å². The molecule has 0 aliphatic heterocycles. The number of nitriles is 1. The van der Waals surface area contributed by atoms with Crippen molar-refractivity contribution in [1.29, 1.82) is 5.26 Å². The number of esters is 1. The third-order valence-corrected chi connectivity index (χ3v) is 6.07. The van der Waals surface area contributed by atoms with Gasteiger partial charge in [0, 0.05) is 22.2 Å². The fourth-order valence-corrected chi connectivity index (χ4v) is 4.22. The molecule has 0 atom stereocenters. The molecule has 0 aliphatic carbocycles. The van der Waals surface area contributed by atoms with Gasteiger partial charge in [0.15, 0.2) is 6.61 Å². The molecular weight excluding hydrogens is 476 g/mol. The molecule has 9 heteroatoms. The number of rotatable bonds is 8. The lowest BCUT2D eigenvalue weighted by molar-refractivity contribution is -0.119. The Kier molecular flexibility index (Phi) is 7.90. The molecule has 0 saturated heterocycles. The highest BCUT2D eigenvalue weighted by atomic mass is 32.2. The Morgan fingerprint density at radius 2 is 1.75 bits per heavy atom. The minimum atomic E-state index is -0.671. The van der Waals surface area contributed by atoms with Gasteiger partial charge in [0.2, 0.25) is 5.91 Å². The first kappa shape index (κ1) is 24.4. The summed E-state index contributed by atoms with van der Waals surface area (Å²) in [7, 11) is 0. The number of anilines is 2. The molecule has 0 fully saturated rings. The van der Waals surface area contributed by atoms with E-state index in [1.165, 1.54) is 11.8 Å². The summed E-state index contributed by atoms with van der Waals surface area (Å²) in [5.41, 5.74) is 2.52. The Hall–Kier alpha value is -4.68. The van der Waals surface area contributed by atoms with Gasteiger partial charge in [0.25, 0.3) is 5.91 Å². The molecule has 0 aliphatic rings. The van der Waals surface area contributed by atoms with Gasteiger partial charge in [0.05, 0.1) is 34.2 Å². The summed E-state index contributed by atoms with van der Waals surface area (Å²) in [6.07, 6.45) is 1.67. The van der Waals surface area contributed by atoms with Crippen molar-refractivity contribution in [1.82, 2.24) is 4.98 Å². The van der Waals surface area contributed by atoms with Gasteiger partial charge in [-0.15, -0.1) is 11.8 Å². The molecule has 178 valence electrons. The molecule has 0 spiro atoms. The van der Waals surface area contributed by atoms with Crippen LogP contribution in [-0.4, -0.2) is 35.1 Å². The Bertz CT molecular complexity index is 1480. The monoisotopic (exact) mass is 496 g/mol. The molecule has 8 nitrogen and oxygen atoms in total. The van der Waals surface area contributed by atoms with Crippen molar-refractivity contribution in [2.45, 2.75) is 4.90 Å². The molecule has 0 saturated carbocycles. The van der Waals surface area contributed by atoms with Crippen LogP contribution in [0.1, 0.15) is 15.9 Å². The zero-order valence-corrected chi connectivity index (χ0v) is 19.7. The molecule has 1 aromatic heterocycles. The number of amides is 2. The van der Waals surface area contributed by atoms with Gasteiger partial charge in [-0.2, -0.15) is 5.26 Å². The molecule has 4 rings (SSSR count). The van der Waals surface area contributed by atoms with Crippen LogP contribution in [0.15, 0.2) is 90.0 Å². The van der Waals surface area contributed by atoms with Crippen LogP contribution in [0.4, 0.5) is 11.4 Å². The van der Waals surface area contributed by atoms with Gasteiger partial charge in [-0.1, -0.05) is 24.3 Å². The number of benzene rings is 3. The summed E-state index contributed by atoms with van der Waals surface area (Å²) in [5, 5.41) is 15.2. The Morgan fingerprint density at radius 1 is 0.917 bits per heavy atom. The van der Waals surface area contributed by atoms with Gasteiger partial charge in [-0.05, 0) is 54.6 Å². The van der Waals surface area contributed by atoms with E-state index in [0.717, 1.165) is 10.9 Å². The summed E-state index contributed by atoms with van der Waals surface area (Å²) in [6, 6.07) is 24.3. The fourth-order valence-electron chi connectivity index (χ4n) is 3.38. The lowest BCUT2D eigenvalue weighted by atomic mass is 10.2. The number of carbonyl (C=O) groups is 3. The molecule has 0 radical (unpaired) electrons. The average molecular weight is 497 g/mol. The summed E-state index contributed by atoms with van der Waals surface area (Å²) in [6.45, 7) is -0.468. The molecule has 2 amide bonds. The third kappa shape index (κ3) is 6.25. The lowest BCUT2D eigenvalue weighted by Crippen LogP contribution is -2.21. The van der Waals surface area contributed by atoms with E-state index >= 15 is 0 Å². The highest BCUT2D eigenvalue weighted by Gasteiger charge is 2.16. The van der Waals surface area contributed by atoms with Crippen LogP contribution in [0.2, 0.25) is 0 Å². The number of hydrogen-bond donors (Lipinski definition) is 2. The predicted octanol–water partition coefficient (Wildman–Crippen LogP) is 4.63. The first-order valence-electron chi connectivity index (χ1n) is 10.9. The van der Waals surface area contributed by atoms with Gasteiger partial charge < -0.3 is 15.4 Å². The minimum Gasteiger partial charge on any atom is -0.452 e. The number of nitrogens with zero attached hydrogens (tertiary/aromatic N) is 2. The largest absolute Gasteiger partial charge is 0.452 e. The van der Waals surface area contributed by atoms with Crippen molar-refractivity contribution in [2.75, 3.05) is 23.0 Å². The first-order valence-corrected chi connectivity index (χ1v) is 11.8. The van der Waals surface area contributed by atoms with Crippen molar-refractivity contribution in [2.24, 2.45) is 0 Å². The van der Waals surface area contributed by atoms with Crippen molar-refractivity contribution in [3.05, 3.63) is 96.2 Å². The maximum Gasteiger partial charge on any atom is 0.339 e. The number of carbonyl (C=O) groups excluding carboxylic acids is 3. The van der Waals surface area contributed by atoms with Gasteiger partial charge >= 0.3 is 5.97 Å². The van der Waals surface area contributed by atoms with Crippen LogP contribution in [0, 0.1) is 11.3 Å². The highest BCUT2D eigenvalue weighted by molar-refractivity contribution is 8.00. The fraction of sp³-hybridized carbons (Fsp3) is 0.0741. The van der Waals surface area contributed by atoms with E-state index in [1.807, 2.05) is 18.2 Å². The van der Waals surface area contributed by atoms with Crippen LogP contribution in [0.5, 0.6) is 0 Å². The minimum absolute atomic E-state index is 0.0384. The van der Waals surface area contributed by atoms with Crippen molar-refractivity contribution < 1.29 is 19.1 Å². The number of hydrogen-bond acceptors (Lipinski definition) is 7. The Labute approximate surface area is 211 Å². The van der Waals surface area contributed by atoms with Crippen molar-refractivity contribution >= 4 is 51.8 Å². The summed E-state index contributed by atoms with van der Waals surface area (Å²) in [5.74, 6) is -1.41. The normalized spacial score (nSPS) is 10.3. The van der Waals surface area contributed by atoms with Crippen molar-refractivity contribution in [3.8, 4) is 6.07 Å². The topological polar surface area (TPSA) is 121 Å². The predicted molar refractivity (Wildman–Crippen MR) is 138 cm³/mol. The third-order valence-electron chi connectivity index (χ3n) is 5.00. The van der Waals surface area contributed by atoms with Crippen LogP contribution >= 0.6 is 11.8 Å². The molecule has 1 heterocycles. The van der Waals surface area contributed by atoms with Crippen molar-refractivity contribution in [3.63, 3.8) is 0 Å². The molecule has 4 aromatic rings. The van der Waals surface area contributed by atoms with Gasteiger partial charge in [0.1, 0.15) is 0 Å². The number of fused-ring (bicyclic) bond motifs is 1. The molecule has 3 aromatic carbocycles. The van der Waals surface area contributed by atoms with E-state index in [2.05, 4.69) is 15.6 Å². The number of thioether (sulfide) groups is 1. The summed E-state index contributed by atoms with van der Waals surface area (Å²) >= 11 is 1.17. The summed E-state index contributed by atoms with van der Waals surface area (Å²) in [4.78, 5) is 42.3. The van der Waals surface area contributed by atoms with E-state index in [0.29, 0.717) is 21.8 Å². The zero-order chi connectivity index (χ0) is 25.3. The average Bonchev–Trinajstić information content (AvgIpc) is 2.91. The highest BCUT2D eigenvalue weighted by Crippen LogP contribution is 2.24. The maximum atomic E-state index is 12.7. The zero-order valence-electron chi connectivity index (χ0n) is 18.9. The number of aromatic nitrogens is 1. The van der Waals surface area contributed by atoms with Gasteiger partial charge in [-0.3, -0.25) is 14.6 Å². The molecule has 0 unspecified atom stereocenters. The summed E-state index contributed by atoms with van der Waals surface area (Å²) < 4.78 is 5.23. The Balaban J connectivity index is 1.33. The van der Waals surface area contributed by atoms with Crippen LogP contribution in [0.25, 0.3) is 10.9 Å². The van der Waals surface area contributed by atoms with Gasteiger partial charge in [-0.25, -0.2) is 4.79 Å². The van der Waals surface area contributed by atoms with E-state index in [4.69, 9.17) is 10.00 Å². The standard InChI is InChI=1S/C27H20N4O4S/c28-15-18-6-3-7-19(14-18)30-26(33)17-36-24-12-2-1-8-21(24)27(34)35-16-25(32)31-23-11-4-10-22-20(23)9-5-13-29-22/h1-14H,16-17H2,(H,30,33)(H,31,32). The number of pyridine rings is 1. The van der Waals surface area contributed by atoms with Crippen LogP contribution < -0.4 is 10.6 Å². The number of ether oxygens (including phenoxy) is 1. The van der Waals surface area contributed by atoms with Crippen LogP contribution in [-0.2, 0) is 14.3 Å². The number of nitrogens with one attached hydrogen (secondary N) is 2. The smallest absolute Gasteiger partial charge is 0.339 e. The molecule has 0 bridgehead atoms. The quantitative estimate of drug-likeness (QED) is 0.269. The SMILES string of the molecule is N#Cc1cccc(NC(=O)CSc2ccccc2C(=O)OCC(=O)Nc2cccc3ncccc23)c1. The first-order chi connectivity index (χ1) is 17.5. The van der Waals surface area contributed by atoms with E-state index < -0.39 is 18.5 Å². The molecule has 2 N–H and O–H groups in total. The second kappa shape index (κ2) is 11.6. The second-order valence-electron chi connectivity index (χ2n) is 7.53. The Morgan fingerprint density at radius 3 is 2.61 bits per heavy atom. The maximum absolute atomic E-state index is 12.7. The second-order valence-corrected chi connectivity index (χ2v) is 8.54.